The fourth-order valence-electron chi connectivity index (χ4n) is 2.16. The van der Waals surface area contributed by atoms with Gasteiger partial charge in [0, 0.05) is 31.9 Å². The summed E-state index contributed by atoms with van der Waals surface area (Å²) in [7, 11) is 1.64. The molecule has 4 heteroatoms. The van der Waals surface area contributed by atoms with Crippen molar-refractivity contribution in [2.45, 2.75) is 20.0 Å². The van der Waals surface area contributed by atoms with E-state index in [0.29, 0.717) is 5.56 Å². The van der Waals surface area contributed by atoms with Gasteiger partial charge in [0.25, 0.3) is 5.91 Å². The van der Waals surface area contributed by atoms with Gasteiger partial charge in [0.05, 0.1) is 5.69 Å². The highest BCUT2D eigenvalue weighted by Crippen LogP contribution is 2.10. The van der Waals surface area contributed by atoms with E-state index in [0.717, 1.165) is 25.3 Å². The van der Waals surface area contributed by atoms with Crippen LogP contribution < -0.4 is 5.32 Å². The van der Waals surface area contributed by atoms with E-state index in [-0.39, 0.29) is 5.91 Å². The van der Waals surface area contributed by atoms with E-state index in [4.69, 9.17) is 0 Å². The van der Waals surface area contributed by atoms with E-state index < -0.39 is 0 Å². The van der Waals surface area contributed by atoms with Gasteiger partial charge in [-0.25, -0.2) is 0 Å². The van der Waals surface area contributed by atoms with Gasteiger partial charge in [0.1, 0.15) is 0 Å². The fraction of sp³-hybridized carbons (Fsp3) is 0.294. The van der Waals surface area contributed by atoms with Gasteiger partial charge in [-0.2, -0.15) is 0 Å². The Morgan fingerprint density at radius 3 is 2.48 bits per heavy atom. The third-order valence-electron chi connectivity index (χ3n) is 3.41. The van der Waals surface area contributed by atoms with Gasteiger partial charge in [-0.05, 0) is 36.4 Å². The molecular weight excluding hydrogens is 262 g/mol. The monoisotopic (exact) mass is 283 g/mol. The molecule has 2 rings (SSSR count). The Morgan fingerprint density at radius 1 is 1.14 bits per heavy atom. The number of hydrogen-bond donors (Lipinski definition) is 1. The molecule has 0 bridgehead atoms. The molecule has 110 valence electrons. The molecule has 0 fully saturated rings. The average Bonchev–Trinajstić information content (AvgIpc) is 2.55. The van der Waals surface area contributed by atoms with Gasteiger partial charge in [-0.15, -0.1) is 0 Å². The standard InChI is InChI=1S/C17H21N3O/c1-3-20(13-16-6-4-5-11-19-16)12-14-7-9-15(10-8-14)17(21)18-2/h4-11H,3,12-13H2,1-2H3,(H,18,21). The summed E-state index contributed by atoms with van der Waals surface area (Å²) < 4.78 is 0. The maximum absolute atomic E-state index is 11.5. The lowest BCUT2D eigenvalue weighted by atomic mass is 10.1. The average molecular weight is 283 g/mol. The first-order valence-electron chi connectivity index (χ1n) is 7.16. The van der Waals surface area contributed by atoms with E-state index in [2.05, 4.69) is 22.1 Å². The minimum atomic E-state index is -0.0533. The number of carbonyl (C=O) groups excluding carboxylic acids is 1. The Labute approximate surface area is 125 Å². The number of nitrogens with one attached hydrogen (secondary N) is 1. The van der Waals surface area contributed by atoms with Crippen LogP contribution in [0, 0.1) is 0 Å². The second-order valence-corrected chi connectivity index (χ2v) is 4.90. The van der Waals surface area contributed by atoms with Crippen molar-refractivity contribution in [3.8, 4) is 0 Å². The molecule has 21 heavy (non-hydrogen) atoms. The van der Waals surface area contributed by atoms with Crippen molar-refractivity contribution in [3.63, 3.8) is 0 Å². The molecule has 0 saturated carbocycles. The van der Waals surface area contributed by atoms with E-state index in [1.165, 1.54) is 5.56 Å². The molecule has 0 spiro atoms. The number of benzene rings is 1. The van der Waals surface area contributed by atoms with Gasteiger partial charge in [0.2, 0.25) is 0 Å². The van der Waals surface area contributed by atoms with Crippen LogP contribution in [0.4, 0.5) is 0 Å². The summed E-state index contributed by atoms with van der Waals surface area (Å²) in [5.74, 6) is -0.0533. The Bertz CT molecular complexity index is 566. The maximum atomic E-state index is 11.5. The molecule has 2 aromatic rings. The Hall–Kier alpha value is -2.20. The third kappa shape index (κ3) is 4.39. The summed E-state index contributed by atoms with van der Waals surface area (Å²) in [6.07, 6.45) is 1.82. The molecule has 1 aromatic heterocycles. The zero-order valence-electron chi connectivity index (χ0n) is 12.5. The maximum Gasteiger partial charge on any atom is 0.251 e. The Kier molecular flexibility index (Phi) is 5.46. The van der Waals surface area contributed by atoms with Crippen molar-refractivity contribution in [1.82, 2.24) is 15.2 Å². The van der Waals surface area contributed by atoms with Crippen molar-refractivity contribution in [2.24, 2.45) is 0 Å². The minimum Gasteiger partial charge on any atom is -0.355 e. The van der Waals surface area contributed by atoms with E-state index >= 15 is 0 Å². The summed E-state index contributed by atoms with van der Waals surface area (Å²) in [5, 5.41) is 2.63. The molecule has 0 unspecified atom stereocenters. The summed E-state index contributed by atoms with van der Waals surface area (Å²) in [6, 6.07) is 13.7. The Morgan fingerprint density at radius 2 is 1.90 bits per heavy atom. The first-order valence-corrected chi connectivity index (χ1v) is 7.16. The summed E-state index contributed by atoms with van der Waals surface area (Å²) in [4.78, 5) is 18.2. The summed E-state index contributed by atoms with van der Waals surface area (Å²) >= 11 is 0. The first kappa shape index (κ1) is 15.2. The van der Waals surface area contributed by atoms with Gasteiger partial charge in [-0.1, -0.05) is 25.1 Å². The van der Waals surface area contributed by atoms with Gasteiger partial charge in [0.15, 0.2) is 0 Å². The molecule has 0 atom stereocenters. The van der Waals surface area contributed by atoms with Crippen LogP contribution >= 0.6 is 0 Å². The van der Waals surface area contributed by atoms with E-state index in [9.17, 15) is 4.79 Å². The highest BCUT2D eigenvalue weighted by molar-refractivity contribution is 5.93. The van der Waals surface area contributed by atoms with Crippen molar-refractivity contribution >= 4 is 5.91 Å². The van der Waals surface area contributed by atoms with Crippen LogP contribution in [0.15, 0.2) is 48.7 Å². The number of aromatic nitrogens is 1. The number of hydrogen-bond acceptors (Lipinski definition) is 3. The quantitative estimate of drug-likeness (QED) is 0.886. The summed E-state index contributed by atoms with van der Waals surface area (Å²) in [5.41, 5.74) is 2.95. The Balaban J connectivity index is 2.00. The van der Waals surface area contributed by atoms with Crippen LogP contribution in [-0.2, 0) is 13.1 Å². The van der Waals surface area contributed by atoms with Crippen LogP contribution in [0.1, 0.15) is 28.5 Å². The second-order valence-electron chi connectivity index (χ2n) is 4.90. The van der Waals surface area contributed by atoms with E-state index in [1.807, 2.05) is 48.7 Å². The molecule has 0 aliphatic heterocycles. The molecule has 4 nitrogen and oxygen atoms in total. The molecule has 0 aliphatic carbocycles. The van der Waals surface area contributed by atoms with Crippen molar-refractivity contribution in [2.75, 3.05) is 13.6 Å². The van der Waals surface area contributed by atoms with E-state index in [1.54, 1.807) is 7.05 Å². The third-order valence-corrected chi connectivity index (χ3v) is 3.41. The van der Waals surface area contributed by atoms with Crippen LogP contribution in [0.2, 0.25) is 0 Å². The lowest BCUT2D eigenvalue weighted by Gasteiger charge is -2.20. The predicted octanol–water partition coefficient (Wildman–Crippen LogP) is 2.46. The zero-order chi connectivity index (χ0) is 15.1. The molecule has 0 radical (unpaired) electrons. The highest BCUT2D eigenvalue weighted by Gasteiger charge is 2.07. The number of amides is 1. The number of pyridine rings is 1. The van der Waals surface area contributed by atoms with Gasteiger partial charge in [-0.3, -0.25) is 14.7 Å². The lowest BCUT2D eigenvalue weighted by Crippen LogP contribution is -2.23. The predicted molar refractivity (Wildman–Crippen MR) is 83.9 cm³/mol. The minimum absolute atomic E-state index is 0.0533. The molecule has 1 amide bonds. The smallest absolute Gasteiger partial charge is 0.251 e. The largest absolute Gasteiger partial charge is 0.355 e. The molecule has 1 heterocycles. The SMILES string of the molecule is CCN(Cc1ccc(C(=O)NC)cc1)Cc1ccccn1. The molecule has 1 aromatic carbocycles. The molecule has 0 aliphatic rings. The first-order chi connectivity index (χ1) is 10.2. The van der Waals surface area contributed by atoms with Crippen LogP contribution in [-0.4, -0.2) is 29.4 Å². The van der Waals surface area contributed by atoms with Crippen LogP contribution in [0.25, 0.3) is 0 Å². The normalized spacial score (nSPS) is 10.6. The van der Waals surface area contributed by atoms with Gasteiger partial charge >= 0.3 is 0 Å². The second kappa shape index (κ2) is 7.55. The fourth-order valence-corrected chi connectivity index (χ4v) is 2.16. The van der Waals surface area contributed by atoms with Crippen molar-refractivity contribution in [1.29, 1.82) is 0 Å². The molecular formula is C17H21N3O. The van der Waals surface area contributed by atoms with Crippen molar-refractivity contribution < 1.29 is 4.79 Å². The molecule has 1 N–H and O–H groups in total. The number of nitrogens with zero attached hydrogens (tertiary/aromatic N) is 2. The topological polar surface area (TPSA) is 45.2 Å². The van der Waals surface area contributed by atoms with Gasteiger partial charge < -0.3 is 5.32 Å². The molecule has 0 saturated heterocycles. The van der Waals surface area contributed by atoms with Crippen LogP contribution in [0.5, 0.6) is 0 Å². The zero-order valence-corrected chi connectivity index (χ0v) is 12.5. The van der Waals surface area contributed by atoms with Crippen molar-refractivity contribution in [3.05, 3.63) is 65.5 Å². The highest BCUT2D eigenvalue weighted by atomic mass is 16.1. The number of carbonyl (C=O) groups is 1. The number of rotatable bonds is 6. The van der Waals surface area contributed by atoms with Crippen LogP contribution in [0.3, 0.4) is 0 Å². The lowest BCUT2D eigenvalue weighted by molar-refractivity contribution is 0.0963. The summed E-state index contributed by atoms with van der Waals surface area (Å²) in [6.45, 7) is 4.77.